The lowest BCUT2D eigenvalue weighted by atomic mass is 10.0. The summed E-state index contributed by atoms with van der Waals surface area (Å²) in [6.07, 6.45) is 5.06. The molecule has 0 radical (unpaired) electrons. The lowest BCUT2D eigenvalue weighted by Crippen LogP contribution is -2.01. The number of benzene rings is 2. The van der Waals surface area contributed by atoms with E-state index in [4.69, 9.17) is 48.8 Å². The van der Waals surface area contributed by atoms with E-state index >= 15 is 0 Å². The van der Waals surface area contributed by atoms with E-state index in [9.17, 15) is 4.79 Å². The summed E-state index contributed by atoms with van der Waals surface area (Å²) in [6, 6.07) is 12.2. The molecule has 0 saturated heterocycles. The van der Waals surface area contributed by atoms with Gasteiger partial charge in [-0.15, -0.1) is 0 Å². The second kappa shape index (κ2) is 10.9. The predicted molar refractivity (Wildman–Crippen MR) is 141 cm³/mol. The quantitative estimate of drug-likeness (QED) is 0.184. The zero-order valence-corrected chi connectivity index (χ0v) is 21.8. The van der Waals surface area contributed by atoms with Crippen LogP contribution >= 0.6 is 34.8 Å². The summed E-state index contributed by atoms with van der Waals surface area (Å²) >= 11 is 19.4. The topological polar surface area (TPSA) is 74.5 Å². The molecule has 2 aromatic carbocycles. The maximum absolute atomic E-state index is 11.7. The van der Waals surface area contributed by atoms with Crippen molar-refractivity contribution < 1.29 is 18.8 Å². The van der Waals surface area contributed by atoms with Crippen LogP contribution in [-0.4, -0.2) is 23.2 Å². The van der Waals surface area contributed by atoms with E-state index in [-0.39, 0.29) is 6.61 Å². The number of rotatable bonds is 6. The first-order valence-corrected chi connectivity index (χ1v) is 12.5. The van der Waals surface area contributed by atoms with Crippen LogP contribution in [0.5, 0.6) is 5.75 Å². The molecule has 0 N–H and O–H groups in total. The first-order valence-electron chi connectivity index (χ1n) is 11.3. The van der Waals surface area contributed by atoms with E-state index < -0.39 is 5.97 Å². The Bertz CT molecular complexity index is 1530. The van der Waals surface area contributed by atoms with E-state index in [1.807, 2.05) is 0 Å². The molecule has 6 nitrogen and oxygen atoms in total. The van der Waals surface area contributed by atoms with Crippen molar-refractivity contribution in [1.29, 1.82) is 0 Å². The second-order valence-electron chi connectivity index (χ2n) is 8.38. The number of aromatic nitrogens is 2. The third-order valence-corrected chi connectivity index (χ3v) is 6.73. The highest BCUT2D eigenvalue weighted by molar-refractivity contribution is 6.39. The third kappa shape index (κ3) is 5.60. The number of methoxy groups -OCH3 is 1. The maximum atomic E-state index is 11.7. The van der Waals surface area contributed by atoms with Gasteiger partial charge in [0.05, 0.1) is 33.3 Å². The molecule has 1 aliphatic rings. The highest BCUT2D eigenvalue weighted by Crippen LogP contribution is 2.46. The van der Waals surface area contributed by atoms with Crippen molar-refractivity contribution in [2.24, 2.45) is 0 Å². The Labute approximate surface area is 228 Å². The molecule has 2 heterocycles. The summed E-state index contributed by atoms with van der Waals surface area (Å²) in [7, 11) is 1.31. The molecule has 0 amide bonds. The number of pyridine rings is 1. The van der Waals surface area contributed by atoms with Crippen molar-refractivity contribution in [3.63, 3.8) is 0 Å². The molecule has 1 fully saturated rings. The molecule has 37 heavy (non-hydrogen) atoms. The number of hydrogen-bond acceptors (Lipinski definition) is 6. The highest BCUT2D eigenvalue weighted by atomic mass is 35.5. The predicted octanol–water partition coefficient (Wildman–Crippen LogP) is 7.34. The van der Waals surface area contributed by atoms with Crippen LogP contribution in [0.25, 0.3) is 11.3 Å². The van der Waals surface area contributed by atoms with Gasteiger partial charge in [-0.25, -0.2) is 4.79 Å². The summed E-state index contributed by atoms with van der Waals surface area (Å²) in [5.41, 5.74) is 3.49. The standard InChI is InChI=1S/C28H19Cl3N2O4/c1-35-28(34)19-11-16(13-32-14-19)5-6-17-9-10-20(12-24(17)31)36-15-21-26(33-37-27(21)18-7-8-18)25-22(29)3-2-4-23(25)30/h2-4,9-14,18H,7-8,15H2,1H3. The summed E-state index contributed by atoms with van der Waals surface area (Å²) < 4.78 is 16.5. The minimum Gasteiger partial charge on any atom is -0.489 e. The van der Waals surface area contributed by atoms with Gasteiger partial charge in [-0.2, -0.15) is 0 Å². The number of hydrogen-bond donors (Lipinski definition) is 0. The van der Waals surface area contributed by atoms with Gasteiger partial charge in [-0.05, 0) is 43.2 Å². The van der Waals surface area contributed by atoms with E-state index in [1.165, 1.54) is 13.3 Å². The van der Waals surface area contributed by atoms with Gasteiger partial charge >= 0.3 is 5.97 Å². The molecular formula is C28H19Cl3N2O4. The van der Waals surface area contributed by atoms with Crippen LogP contribution in [0.15, 0.2) is 59.4 Å². The fraction of sp³-hybridized carbons (Fsp3) is 0.179. The third-order valence-electron chi connectivity index (χ3n) is 5.79. The summed E-state index contributed by atoms with van der Waals surface area (Å²) in [4.78, 5) is 15.7. The summed E-state index contributed by atoms with van der Waals surface area (Å²) in [5, 5.41) is 5.68. The molecule has 0 bridgehead atoms. The minimum absolute atomic E-state index is 0.208. The fourth-order valence-corrected chi connectivity index (χ4v) is 4.56. The Morgan fingerprint density at radius 2 is 1.84 bits per heavy atom. The lowest BCUT2D eigenvalue weighted by molar-refractivity contribution is 0.0600. The summed E-state index contributed by atoms with van der Waals surface area (Å²) in [5.74, 6) is 7.16. The Hall–Kier alpha value is -3.50. The van der Waals surface area contributed by atoms with Gasteiger partial charge in [0.15, 0.2) is 0 Å². The average molecular weight is 554 g/mol. The van der Waals surface area contributed by atoms with E-state index in [0.29, 0.717) is 54.7 Å². The van der Waals surface area contributed by atoms with Gasteiger partial charge in [0.2, 0.25) is 0 Å². The van der Waals surface area contributed by atoms with Gasteiger partial charge in [0.25, 0.3) is 0 Å². The molecule has 5 rings (SSSR count). The van der Waals surface area contributed by atoms with Crippen LogP contribution in [0.4, 0.5) is 0 Å². The van der Waals surface area contributed by atoms with E-state index in [0.717, 1.165) is 24.2 Å². The second-order valence-corrected chi connectivity index (χ2v) is 9.60. The van der Waals surface area contributed by atoms with Gasteiger partial charge in [0, 0.05) is 41.1 Å². The molecule has 186 valence electrons. The normalized spacial score (nSPS) is 12.5. The van der Waals surface area contributed by atoms with Gasteiger partial charge in [-0.1, -0.05) is 57.9 Å². The molecule has 2 aromatic heterocycles. The monoisotopic (exact) mass is 552 g/mol. The van der Waals surface area contributed by atoms with Crippen LogP contribution in [-0.2, 0) is 11.3 Å². The number of nitrogens with zero attached hydrogens (tertiary/aromatic N) is 2. The Kier molecular flexibility index (Phi) is 7.38. The molecule has 4 aromatic rings. The highest BCUT2D eigenvalue weighted by Gasteiger charge is 2.33. The van der Waals surface area contributed by atoms with Crippen LogP contribution < -0.4 is 4.74 Å². The molecule has 1 aliphatic carbocycles. The molecule has 0 atom stereocenters. The number of carbonyl (C=O) groups excluding carboxylic acids is 1. The van der Waals surface area contributed by atoms with Crippen molar-refractivity contribution in [1.82, 2.24) is 10.1 Å². The lowest BCUT2D eigenvalue weighted by Gasteiger charge is -2.10. The first kappa shape index (κ1) is 25.2. The van der Waals surface area contributed by atoms with Crippen LogP contribution in [0.1, 0.15) is 51.6 Å². The summed E-state index contributed by atoms with van der Waals surface area (Å²) in [6.45, 7) is 0.208. The largest absolute Gasteiger partial charge is 0.489 e. The Morgan fingerprint density at radius 3 is 2.54 bits per heavy atom. The molecule has 9 heteroatoms. The van der Waals surface area contributed by atoms with Crippen molar-refractivity contribution in [3.8, 4) is 28.8 Å². The number of ether oxygens (including phenoxy) is 2. The van der Waals surface area contributed by atoms with Crippen molar-refractivity contribution in [2.75, 3.05) is 7.11 Å². The van der Waals surface area contributed by atoms with Crippen LogP contribution in [0.3, 0.4) is 0 Å². The first-order chi connectivity index (χ1) is 17.9. The van der Waals surface area contributed by atoms with Crippen molar-refractivity contribution >= 4 is 40.8 Å². The van der Waals surface area contributed by atoms with Crippen LogP contribution in [0.2, 0.25) is 15.1 Å². The molecule has 1 saturated carbocycles. The Balaban J connectivity index is 1.36. The number of esters is 1. The van der Waals surface area contributed by atoms with E-state index in [2.05, 4.69) is 22.0 Å². The zero-order valence-electron chi connectivity index (χ0n) is 19.6. The molecular weight excluding hydrogens is 535 g/mol. The smallest absolute Gasteiger partial charge is 0.339 e. The maximum Gasteiger partial charge on any atom is 0.339 e. The van der Waals surface area contributed by atoms with Gasteiger partial charge in [0.1, 0.15) is 23.8 Å². The van der Waals surface area contributed by atoms with Gasteiger partial charge < -0.3 is 14.0 Å². The SMILES string of the molecule is COC(=O)c1cncc(C#Cc2ccc(OCc3c(-c4c(Cl)cccc4Cl)noc3C3CC3)cc2Cl)c1. The molecule has 0 aliphatic heterocycles. The number of carbonyl (C=O) groups is 1. The fourth-order valence-electron chi connectivity index (χ4n) is 3.77. The van der Waals surface area contributed by atoms with Crippen LogP contribution in [0, 0.1) is 11.8 Å². The van der Waals surface area contributed by atoms with Crippen molar-refractivity contribution in [3.05, 3.63) is 97.9 Å². The van der Waals surface area contributed by atoms with E-state index in [1.54, 1.807) is 48.7 Å². The minimum atomic E-state index is -0.478. The Morgan fingerprint density at radius 1 is 1.05 bits per heavy atom. The van der Waals surface area contributed by atoms with Crippen molar-refractivity contribution in [2.45, 2.75) is 25.4 Å². The average Bonchev–Trinajstić information content (AvgIpc) is 3.66. The molecule has 0 spiro atoms. The zero-order chi connectivity index (χ0) is 25.9. The van der Waals surface area contributed by atoms with Gasteiger partial charge in [-0.3, -0.25) is 4.98 Å². The molecule has 0 unspecified atom stereocenters. The number of halogens is 3.